The highest BCUT2D eigenvalue weighted by Crippen LogP contribution is 2.25. The van der Waals surface area contributed by atoms with Crippen molar-refractivity contribution >= 4 is 39.8 Å². The van der Waals surface area contributed by atoms with Crippen molar-refractivity contribution in [1.29, 1.82) is 0 Å². The van der Waals surface area contributed by atoms with Gasteiger partial charge in [-0.05, 0) is 18.2 Å². The molecule has 0 aliphatic rings. The molecular formula is C16H26F2IN3O5S. The number of halogens is 3. The highest BCUT2D eigenvalue weighted by molar-refractivity contribution is 14.0. The van der Waals surface area contributed by atoms with E-state index in [9.17, 15) is 17.2 Å². The number of hydrogen-bond acceptors (Lipinski definition) is 6. The Labute approximate surface area is 181 Å². The first kappa shape index (κ1) is 26.6. The Balaban J connectivity index is 0.00000729. The van der Waals surface area contributed by atoms with Crippen LogP contribution in [0, 0.1) is 0 Å². The van der Waals surface area contributed by atoms with Gasteiger partial charge in [-0.2, -0.15) is 8.78 Å². The predicted molar refractivity (Wildman–Crippen MR) is 114 cm³/mol. The smallest absolute Gasteiger partial charge is 0.387 e. The normalized spacial score (nSPS) is 11.7. The summed E-state index contributed by atoms with van der Waals surface area (Å²) in [7, 11) is -0.0129. The molecule has 28 heavy (non-hydrogen) atoms. The second-order valence-corrected chi connectivity index (χ2v) is 7.71. The fourth-order valence-electron chi connectivity index (χ4n) is 1.99. The number of guanidine groups is 1. The average Bonchev–Trinajstić information content (AvgIpc) is 2.60. The number of nitrogens with zero attached hydrogens (tertiary/aromatic N) is 1. The molecule has 12 heteroatoms. The molecule has 0 bridgehead atoms. The Bertz CT molecular complexity index is 720. The van der Waals surface area contributed by atoms with Crippen molar-refractivity contribution in [3.63, 3.8) is 0 Å². The number of hydrogen-bond donors (Lipinski definition) is 2. The van der Waals surface area contributed by atoms with Crippen molar-refractivity contribution in [3.8, 4) is 11.5 Å². The highest BCUT2D eigenvalue weighted by atomic mass is 127. The minimum atomic E-state index is -3.05. The molecule has 0 unspecified atom stereocenters. The van der Waals surface area contributed by atoms with E-state index in [4.69, 9.17) is 9.47 Å². The number of ether oxygens (including phenoxy) is 3. The number of nitrogens with one attached hydrogen (secondary N) is 2. The molecule has 8 nitrogen and oxygen atoms in total. The number of sulfone groups is 1. The number of rotatable bonds is 11. The minimum absolute atomic E-state index is 0. The van der Waals surface area contributed by atoms with E-state index in [0.29, 0.717) is 23.8 Å². The Morgan fingerprint density at radius 1 is 1.25 bits per heavy atom. The van der Waals surface area contributed by atoms with E-state index in [-0.39, 0.29) is 55.2 Å². The van der Waals surface area contributed by atoms with Crippen molar-refractivity contribution in [1.82, 2.24) is 10.6 Å². The summed E-state index contributed by atoms with van der Waals surface area (Å²) in [6.45, 7) is -1.96. The van der Waals surface area contributed by atoms with Gasteiger partial charge in [-0.1, -0.05) is 0 Å². The molecule has 0 spiro atoms. The number of benzene rings is 1. The molecule has 0 heterocycles. The van der Waals surface area contributed by atoms with Gasteiger partial charge in [0.25, 0.3) is 0 Å². The van der Waals surface area contributed by atoms with Crippen LogP contribution in [0.15, 0.2) is 23.2 Å². The third-order valence-electron chi connectivity index (χ3n) is 3.29. The van der Waals surface area contributed by atoms with Crippen molar-refractivity contribution in [3.05, 3.63) is 23.8 Å². The largest absolute Gasteiger partial charge is 0.497 e. The van der Waals surface area contributed by atoms with E-state index in [2.05, 4.69) is 20.4 Å². The van der Waals surface area contributed by atoms with Crippen molar-refractivity contribution < 1.29 is 31.4 Å². The van der Waals surface area contributed by atoms with Crippen molar-refractivity contribution in [2.45, 2.75) is 13.2 Å². The summed E-state index contributed by atoms with van der Waals surface area (Å²) in [5.41, 5.74) is 0.474. The SMILES string of the molecule is CN=C(NCCOCCS(C)(=O)=O)NCc1cc(OC)ccc1OC(F)F.I. The Morgan fingerprint density at radius 2 is 1.96 bits per heavy atom. The van der Waals surface area contributed by atoms with Gasteiger partial charge < -0.3 is 24.8 Å². The van der Waals surface area contributed by atoms with Gasteiger partial charge in [0, 0.05) is 32.0 Å². The van der Waals surface area contributed by atoms with E-state index in [1.54, 1.807) is 13.1 Å². The molecular weight excluding hydrogens is 511 g/mol. The monoisotopic (exact) mass is 537 g/mol. The summed E-state index contributed by atoms with van der Waals surface area (Å²) in [5, 5.41) is 5.94. The van der Waals surface area contributed by atoms with E-state index in [0.717, 1.165) is 6.26 Å². The maximum atomic E-state index is 12.5. The first-order chi connectivity index (χ1) is 12.7. The van der Waals surface area contributed by atoms with Crippen LogP contribution in [0.3, 0.4) is 0 Å². The summed E-state index contributed by atoms with van der Waals surface area (Å²) < 4.78 is 61.9. The molecule has 0 saturated heterocycles. The van der Waals surface area contributed by atoms with Crippen LogP contribution >= 0.6 is 24.0 Å². The van der Waals surface area contributed by atoms with E-state index < -0.39 is 16.4 Å². The first-order valence-corrected chi connectivity index (χ1v) is 10.1. The van der Waals surface area contributed by atoms with Gasteiger partial charge in [0.05, 0.1) is 26.1 Å². The standard InChI is InChI=1S/C16H25F2N3O5S.HI/c1-19-16(20-6-7-25-8-9-27(3,22)23)21-11-12-10-13(24-2)4-5-14(12)26-15(17)18;/h4-5,10,15H,6-9,11H2,1-3H3,(H2,19,20,21);1H. The Kier molecular flexibility index (Phi) is 13.0. The van der Waals surface area contributed by atoms with Crippen LogP contribution < -0.4 is 20.1 Å². The van der Waals surface area contributed by atoms with Crippen LogP contribution in [0.1, 0.15) is 5.56 Å². The molecule has 0 atom stereocenters. The summed E-state index contributed by atoms with van der Waals surface area (Å²) >= 11 is 0. The third kappa shape index (κ3) is 11.4. The van der Waals surface area contributed by atoms with Crippen molar-refractivity contribution in [2.75, 3.05) is 45.9 Å². The summed E-state index contributed by atoms with van der Waals surface area (Å²) in [4.78, 5) is 4.02. The van der Waals surface area contributed by atoms with E-state index in [1.165, 1.54) is 19.2 Å². The quantitative estimate of drug-likeness (QED) is 0.192. The summed E-state index contributed by atoms with van der Waals surface area (Å²) in [6, 6.07) is 4.53. The molecule has 162 valence electrons. The maximum Gasteiger partial charge on any atom is 0.387 e. The highest BCUT2D eigenvalue weighted by Gasteiger charge is 2.11. The third-order valence-corrected chi connectivity index (χ3v) is 4.20. The van der Waals surface area contributed by atoms with Crippen LogP contribution in [0.25, 0.3) is 0 Å². The molecule has 0 saturated carbocycles. The first-order valence-electron chi connectivity index (χ1n) is 8.07. The molecule has 0 amide bonds. The number of alkyl halides is 2. The van der Waals surface area contributed by atoms with Gasteiger partial charge in [-0.3, -0.25) is 4.99 Å². The van der Waals surface area contributed by atoms with Crippen LogP contribution in [-0.2, 0) is 21.1 Å². The van der Waals surface area contributed by atoms with E-state index in [1.807, 2.05) is 0 Å². The lowest BCUT2D eigenvalue weighted by atomic mass is 10.2. The second kappa shape index (κ2) is 13.7. The van der Waals surface area contributed by atoms with Crippen molar-refractivity contribution in [2.24, 2.45) is 4.99 Å². The van der Waals surface area contributed by atoms with Gasteiger partial charge >= 0.3 is 6.61 Å². The molecule has 1 aromatic carbocycles. The average molecular weight is 537 g/mol. The number of methoxy groups -OCH3 is 1. The van der Waals surface area contributed by atoms with Gasteiger partial charge in [0.15, 0.2) is 5.96 Å². The number of aliphatic imine (C=N–C) groups is 1. The molecule has 1 aromatic rings. The Morgan fingerprint density at radius 3 is 2.54 bits per heavy atom. The predicted octanol–water partition coefficient (Wildman–Crippen LogP) is 1.64. The van der Waals surface area contributed by atoms with Gasteiger partial charge in [0.1, 0.15) is 21.3 Å². The zero-order chi connectivity index (χ0) is 20.3. The van der Waals surface area contributed by atoms with Crippen LogP contribution in [0.2, 0.25) is 0 Å². The van der Waals surface area contributed by atoms with Gasteiger partial charge in [-0.15, -0.1) is 24.0 Å². The zero-order valence-electron chi connectivity index (χ0n) is 15.9. The fourth-order valence-corrected chi connectivity index (χ4v) is 2.41. The molecule has 0 fully saturated rings. The molecule has 0 aromatic heterocycles. The fraction of sp³-hybridized carbons (Fsp3) is 0.562. The lowest BCUT2D eigenvalue weighted by Crippen LogP contribution is -2.38. The Hall–Kier alpha value is -1.41. The maximum absolute atomic E-state index is 12.5. The zero-order valence-corrected chi connectivity index (χ0v) is 19.1. The lowest BCUT2D eigenvalue weighted by molar-refractivity contribution is -0.0505. The summed E-state index contributed by atoms with van der Waals surface area (Å²) in [5.74, 6) is 0.934. The molecule has 2 N–H and O–H groups in total. The van der Waals surface area contributed by atoms with Crippen LogP contribution in [0.5, 0.6) is 11.5 Å². The van der Waals surface area contributed by atoms with E-state index >= 15 is 0 Å². The van der Waals surface area contributed by atoms with Crippen LogP contribution in [-0.4, -0.2) is 66.9 Å². The molecule has 1 rings (SSSR count). The van der Waals surface area contributed by atoms with Gasteiger partial charge in [-0.25, -0.2) is 8.42 Å². The lowest BCUT2D eigenvalue weighted by Gasteiger charge is -2.15. The van der Waals surface area contributed by atoms with Crippen LogP contribution in [0.4, 0.5) is 8.78 Å². The topological polar surface area (TPSA) is 98.3 Å². The molecule has 0 radical (unpaired) electrons. The van der Waals surface area contributed by atoms with Gasteiger partial charge in [0.2, 0.25) is 0 Å². The molecule has 0 aliphatic heterocycles. The molecule has 0 aliphatic carbocycles. The second-order valence-electron chi connectivity index (χ2n) is 5.45. The summed E-state index contributed by atoms with van der Waals surface area (Å²) in [6.07, 6.45) is 1.14. The minimum Gasteiger partial charge on any atom is -0.497 e.